The Kier molecular flexibility index (Phi) is 3.06. The second kappa shape index (κ2) is 4.08. The summed E-state index contributed by atoms with van der Waals surface area (Å²) in [5.74, 6) is 0. The molecule has 1 aromatic carbocycles. The van der Waals surface area contributed by atoms with Crippen molar-refractivity contribution >= 4 is 23.5 Å². The Morgan fingerprint density at radius 1 is 1.29 bits per heavy atom. The van der Waals surface area contributed by atoms with Crippen molar-refractivity contribution < 1.29 is 13.2 Å². The molecule has 0 bridgehead atoms. The number of hydrogen-bond donors (Lipinski definition) is 1. The number of urea groups is 1. The van der Waals surface area contributed by atoms with Crippen molar-refractivity contribution in [3.8, 4) is 0 Å². The van der Waals surface area contributed by atoms with E-state index in [9.17, 15) is 13.2 Å². The standard InChI is InChI=1S/C7H5BN2O3S/c8-9-7(11)10-14(12,13)6-4-2-1-3-5-6/h1-5H/p+1. The zero-order valence-corrected chi connectivity index (χ0v) is 7.86. The number of carbonyl (C=O) groups excluding carboxylic acids is 1. The monoisotopic (exact) mass is 209 g/mol. The fraction of sp³-hybridized carbons (Fsp3) is 0. The first-order valence-electron chi connectivity index (χ1n) is 3.59. The number of nitrogens with one attached hydrogen (secondary N) is 1. The Labute approximate surface area is 82.0 Å². The van der Waals surface area contributed by atoms with Crippen LogP contribution in [0.3, 0.4) is 0 Å². The van der Waals surface area contributed by atoms with Crippen molar-refractivity contribution in [3.05, 3.63) is 35.1 Å². The summed E-state index contributed by atoms with van der Waals surface area (Å²) in [5, 5.41) is 0. The maximum absolute atomic E-state index is 11.4. The number of sulfonamides is 1. The molecule has 14 heavy (non-hydrogen) atoms. The van der Waals surface area contributed by atoms with E-state index in [1.165, 1.54) is 12.1 Å². The van der Waals surface area contributed by atoms with E-state index >= 15 is 0 Å². The van der Waals surface area contributed by atoms with E-state index in [1.54, 1.807) is 22.9 Å². The van der Waals surface area contributed by atoms with Crippen LogP contribution in [0.5, 0.6) is 0 Å². The third-order valence-electron chi connectivity index (χ3n) is 1.39. The van der Waals surface area contributed by atoms with Crippen LogP contribution < -0.4 is 4.72 Å². The zero-order valence-electron chi connectivity index (χ0n) is 7.04. The first kappa shape index (κ1) is 10.5. The van der Waals surface area contributed by atoms with E-state index in [0.29, 0.717) is 0 Å². The van der Waals surface area contributed by atoms with Crippen molar-refractivity contribution in [1.82, 2.24) is 4.72 Å². The van der Waals surface area contributed by atoms with E-state index < -0.39 is 16.1 Å². The minimum atomic E-state index is -3.84. The SMILES string of the molecule is B#[N+]C(=O)NS(=O)(=O)c1ccccc1. The summed E-state index contributed by atoms with van der Waals surface area (Å²) in [5.41, 5.74) is 0. The van der Waals surface area contributed by atoms with Crippen molar-refractivity contribution in [2.45, 2.75) is 4.90 Å². The normalized spacial score (nSPS) is 10.4. The molecule has 7 heteroatoms. The van der Waals surface area contributed by atoms with Gasteiger partial charge < -0.3 is 0 Å². The summed E-state index contributed by atoms with van der Waals surface area (Å²) in [6, 6.07) is 6.35. The van der Waals surface area contributed by atoms with Gasteiger partial charge >= 0.3 is 81.4 Å². The molecule has 0 radical (unpaired) electrons. The minimum absolute atomic E-state index is 0.0167. The van der Waals surface area contributed by atoms with Gasteiger partial charge in [0, 0.05) is 0 Å². The Bertz CT molecular complexity index is 477. The molecule has 0 saturated heterocycles. The molecule has 1 rings (SSSR count). The molecule has 0 fully saturated rings. The molecule has 0 saturated carbocycles. The maximum atomic E-state index is 11.4. The Morgan fingerprint density at radius 2 is 1.86 bits per heavy atom. The molecule has 0 atom stereocenters. The van der Waals surface area contributed by atoms with Crippen LogP contribution in [0.2, 0.25) is 0 Å². The molecule has 0 aliphatic carbocycles. The average molecular weight is 209 g/mol. The molecule has 0 aliphatic heterocycles. The summed E-state index contributed by atoms with van der Waals surface area (Å²) in [6.07, 6.45) is 0. The summed E-state index contributed by atoms with van der Waals surface area (Å²) < 4.78 is 27.0. The summed E-state index contributed by atoms with van der Waals surface area (Å²) in [6.45, 7) is 0. The van der Waals surface area contributed by atoms with Crippen LogP contribution in [0.15, 0.2) is 35.2 Å². The molecule has 1 aromatic rings. The fourth-order valence-corrected chi connectivity index (χ4v) is 1.72. The van der Waals surface area contributed by atoms with Crippen LogP contribution in [-0.2, 0) is 10.0 Å². The molecule has 0 unspecified atom stereocenters. The molecular weight excluding hydrogens is 203 g/mol. The Morgan fingerprint density at radius 3 is 2.36 bits per heavy atom. The quantitative estimate of drug-likeness (QED) is 0.722. The van der Waals surface area contributed by atoms with Gasteiger partial charge in [0.1, 0.15) is 0 Å². The third-order valence-corrected chi connectivity index (χ3v) is 2.73. The van der Waals surface area contributed by atoms with Crippen LogP contribution in [-0.4, -0.2) is 21.9 Å². The Hall–Kier alpha value is -1.59. The predicted molar refractivity (Wildman–Crippen MR) is 51.3 cm³/mol. The van der Waals surface area contributed by atoms with Gasteiger partial charge in [0.15, 0.2) is 0 Å². The van der Waals surface area contributed by atoms with Gasteiger partial charge in [-0.1, -0.05) is 0 Å². The fourth-order valence-electron chi connectivity index (χ4n) is 0.800. The molecule has 5 nitrogen and oxygen atoms in total. The van der Waals surface area contributed by atoms with Gasteiger partial charge in [-0.2, -0.15) is 0 Å². The summed E-state index contributed by atoms with van der Waals surface area (Å²) >= 11 is 0. The molecule has 0 spiro atoms. The topological polar surface area (TPSA) is 67.6 Å². The molecule has 0 aliphatic rings. The van der Waals surface area contributed by atoms with Crippen LogP contribution >= 0.6 is 0 Å². The number of benzene rings is 1. The van der Waals surface area contributed by atoms with Gasteiger partial charge in [-0.25, -0.2) is 0 Å². The molecule has 0 aromatic heterocycles. The molecular formula is C7H6BN2O3S+. The number of carbonyl (C=O) groups is 1. The third kappa shape index (κ3) is 2.45. The van der Waals surface area contributed by atoms with Crippen LogP contribution in [0.1, 0.15) is 0 Å². The molecule has 2 amide bonds. The van der Waals surface area contributed by atoms with Gasteiger partial charge in [-0.05, 0) is 0 Å². The van der Waals surface area contributed by atoms with Crippen molar-refractivity contribution in [1.29, 1.82) is 0 Å². The van der Waals surface area contributed by atoms with Gasteiger partial charge in [0.2, 0.25) is 0 Å². The molecule has 70 valence electrons. The van der Waals surface area contributed by atoms with Gasteiger partial charge in [0.25, 0.3) is 0 Å². The zero-order chi connectivity index (χ0) is 10.6. The second-order valence-corrected chi connectivity index (χ2v) is 4.04. The van der Waals surface area contributed by atoms with E-state index in [0.717, 1.165) is 0 Å². The first-order valence-corrected chi connectivity index (χ1v) is 5.07. The van der Waals surface area contributed by atoms with Crippen molar-refractivity contribution in [3.63, 3.8) is 0 Å². The van der Waals surface area contributed by atoms with Gasteiger partial charge in [-0.3, -0.25) is 0 Å². The van der Waals surface area contributed by atoms with Crippen molar-refractivity contribution in [2.24, 2.45) is 0 Å². The van der Waals surface area contributed by atoms with Gasteiger partial charge in [0.05, 0.1) is 0 Å². The van der Waals surface area contributed by atoms with Gasteiger partial charge in [-0.15, -0.1) is 0 Å². The number of hydrogen-bond acceptors (Lipinski definition) is 3. The second-order valence-electron chi connectivity index (χ2n) is 2.35. The van der Waals surface area contributed by atoms with Crippen LogP contribution in [0, 0.1) is 0 Å². The molecule has 0 heterocycles. The summed E-state index contributed by atoms with van der Waals surface area (Å²) in [4.78, 5) is 10.6. The van der Waals surface area contributed by atoms with Crippen LogP contribution in [0.4, 0.5) is 4.79 Å². The van der Waals surface area contributed by atoms with Crippen LogP contribution in [0.25, 0.3) is 4.74 Å². The van der Waals surface area contributed by atoms with Crippen molar-refractivity contribution in [2.75, 3.05) is 0 Å². The number of rotatable bonds is 2. The predicted octanol–water partition coefficient (Wildman–Crippen LogP) is 0.542. The number of nitrogens with zero attached hydrogens (tertiary/aromatic N) is 1. The van der Waals surface area contributed by atoms with E-state index in [2.05, 4.69) is 12.2 Å². The first-order chi connectivity index (χ1) is 6.56. The molecule has 1 N–H and O–H groups in total. The average Bonchev–Trinajstić information content (AvgIpc) is 2.18. The summed E-state index contributed by atoms with van der Waals surface area (Å²) in [7, 11) is 0.761. The van der Waals surface area contributed by atoms with E-state index in [4.69, 9.17) is 0 Å². The van der Waals surface area contributed by atoms with E-state index in [-0.39, 0.29) is 4.90 Å². The Balaban J connectivity index is 3.00. The van der Waals surface area contributed by atoms with E-state index in [1.807, 2.05) is 0 Å². The number of amides is 2.